The van der Waals surface area contributed by atoms with E-state index in [-0.39, 0.29) is 23.7 Å². The van der Waals surface area contributed by atoms with Gasteiger partial charge in [-0.15, -0.1) is 0 Å². The molecular formula is C25H19FO5. The normalized spacial score (nSPS) is 13.6. The van der Waals surface area contributed by atoms with E-state index in [0.717, 1.165) is 5.56 Å². The van der Waals surface area contributed by atoms with Crippen molar-refractivity contribution in [2.24, 2.45) is 0 Å². The van der Waals surface area contributed by atoms with E-state index in [0.29, 0.717) is 28.2 Å². The van der Waals surface area contributed by atoms with Gasteiger partial charge in [0.25, 0.3) is 0 Å². The van der Waals surface area contributed by atoms with Gasteiger partial charge in [0, 0.05) is 11.1 Å². The van der Waals surface area contributed by atoms with Gasteiger partial charge in [-0.25, -0.2) is 9.18 Å². The molecule has 156 valence electrons. The molecule has 0 atom stereocenters. The number of Topliss-reactive ketones (excluding diaryl/α,β-unsaturated/α-hetero) is 1. The monoisotopic (exact) mass is 418 g/mol. The van der Waals surface area contributed by atoms with Gasteiger partial charge in [-0.2, -0.15) is 0 Å². The van der Waals surface area contributed by atoms with Crippen LogP contribution in [0.25, 0.3) is 6.08 Å². The lowest BCUT2D eigenvalue weighted by molar-refractivity contribution is 0.0600. The number of carbonyl (C=O) groups excluding carboxylic acids is 2. The second-order valence-electron chi connectivity index (χ2n) is 7.00. The van der Waals surface area contributed by atoms with E-state index in [1.807, 2.05) is 0 Å². The third-order valence-corrected chi connectivity index (χ3v) is 5.00. The minimum atomic E-state index is -0.429. The molecule has 0 aliphatic carbocycles. The second kappa shape index (κ2) is 8.44. The first-order chi connectivity index (χ1) is 15.0. The first-order valence-electron chi connectivity index (χ1n) is 9.60. The van der Waals surface area contributed by atoms with E-state index in [4.69, 9.17) is 9.47 Å². The minimum Gasteiger partial charge on any atom is -0.488 e. The van der Waals surface area contributed by atoms with Crippen molar-refractivity contribution in [2.75, 3.05) is 7.11 Å². The summed E-state index contributed by atoms with van der Waals surface area (Å²) in [6.45, 7) is 2.07. The highest BCUT2D eigenvalue weighted by molar-refractivity contribution is 6.15. The van der Waals surface area contributed by atoms with Crippen molar-refractivity contribution < 1.29 is 28.2 Å². The molecule has 1 aliphatic heterocycles. The zero-order valence-electron chi connectivity index (χ0n) is 17.0. The highest BCUT2D eigenvalue weighted by Crippen LogP contribution is 2.39. The highest BCUT2D eigenvalue weighted by atomic mass is 19.1. The summed E-state index contributed by atoms with van der Waals surface area (Å²) < 4.78 is 30.3. The Labute approximate surface area is 178 Å². The quantitative estimate of drug-likeness (QED) is 0.425. The van der Waals surface area contributed by atoms with Crippen LogP contribution in [0.5, 0.6) is 11.5 Å². The number of carbonyl (C=O) groups is 2. The molecule has 0 unspecified atom stereocenters. The van der Waals surface area contributed by atoms with Gasteiger partial charge in [0.15, 0.2) is 5.76 Å². The van der Waals surface area contributed by atoms with Gasteiger partial charge in [0.05, 0.1) is 18.2 Å². The fraction of sp³-hybridized carbons (Fsp3) is 0.120. The Morgan fingerprint density at radius 3 is 2.52 bits per heavy atom. The topological polar surface area (TPSA) is 61.8 Å². The van der Waals surface area contributed by atoms with E-state index in [1.54, 1.807) is 61.5 Å². The number of hydrogen-bond donors (Lipinski definition) is 0. The molecule has 0 saturated heterocycles. The summed E-state index contributed by atoms with van der Waals surface area (Å²) in [7, 11) is 1.33. The van der Waals surface area contributed by atoms with Gasteiger partial charge in [-0.1, -0.05) is 30.3 Å². The maximum Gasteiger partial charge on any atom is 0.337 e. The molecule has 0 bridgehead atoms. The number of benzene rings is 3. The van der Waals surface area contributed by atoms with Gasteiger partial charge in [0.1, 0.15) is 23.9 Å². The lowest BCUT2D eigenvalue weighted by atomic mass is 10.1. The zero-order chi connectivity index (χ0) is 22.0. The maximum absolute atomic E-state index is 13.9. The zero-order valence-corrected chi connectivity index (χ0v) is 17.0. The predicted octanol–water partition coefficient (Wildman–Crippen LogP) is 5.12. The van der Waals surface area contributed by atoms with Crippen molar-refractivity contribution in [2.45, 2.75) is 13.5 Å². The number of ketones is 1. The SMILES string of the molecule is COC(=O)c1ccc(COc2ccc3c(c2C)O/C(=C\c2ccccc2F)C3=O)cc1. The van der Waals surface area contributed by atoms with Crippen LogP contribution < -0.4 is 9.47 Å². The average molecular weight is 418 g/mol. The van der Waals surface area contributed by atoms with Gasteiger partial charge in [-0.3, -0.25) is 4.79 Å². The van der Waals surface area contributed by atoms with Crippen molar-refractivity contribution in [3.05, 3.63) is 100 Å². The summed E-state index contributed by atoms with van der Waals surface area (Å²) in [4.78, 5) is 24.2. The Bertz CT molecular complexity index is 1200. The molecule has 3 aromatic carbocycles. The van der Waals surface area contributed by atoms with E-state index >= 15 is 0 Å². The van der Waals surface area contributed by atoms with Gasteiger partial charge in [-0.05, 0) is 48.9 Å². The van der Waals surface area contributed by atoms with Crippen LogP contribution in [0.15, 0.2) is 66.4 Å². The van der Waals surface area contributed by atoms with E-state index in [9.17, 15) is 14.0 Å². The van der Waals surface area contributed by atoms with Crippen LogP contribution in [0, 0.1) is 12.7 Å². The van der Waals surface area contributed by atoms with Crippen LogP contribution >= 0.6 is 0 Å². The molecular weight excluding hydrogens is 399 g/mol. The van der Waals surface area contributed by atoms with Gasteiger partial charge < -0.3 is 14.2 Å². The average Bonchev–Trinajstić information content (AvgIpc) is 3.11. The molecule has 5 nitrogen and oxygen atoms in total. The van der Waals surface area contributed by atoms with E-state index < -0.39 is 11.8 Å². The van der Waals surface area contributed by atoms with Crippen LogP contribution in [0.4, 0.5) is 4.39 Å². The third kappa shape index (κ3) is 4.05. The standard InChI is InChI=1S/C25H19FO5/c1-15-21(30-14-16-7-9-17(10-8-16)25(28)29-2)12-11-19-23(27)22(31-24(15)19)13-18-5-3-4-6-20(18)26/h3-13H,14H2,1-2H3/b22-13-. The van der Waals surface area contributed by atoms with Crippen molar-refractivity contribution in [3.8, 4) is 11.5 Å². The Morgan fingerprint density at radius 2 is 1.81 bits per heavy atom. The summed E-state index contributed by atoms with van der Waals surface area (Å²) in [5.74, 6) is -0.0868. The first kappa shape index (κ1) is 20.3. The number of fused-ring (bicyclic) bond motifs is 1. The lowest BCUT2D eigenvalue weighted by Crippen LogP contribution is -2.02. The number of hydrogen-bond acceptors (Lipinski definition) is 5. The van der Waals surface area contributed by atoms with Crippen molar-refractivity contribution in [1.82, 2.24) is 0 Å². The molecule has 0 spiro atoms. The van der Waals surface area contributed by atoms with Crippen molar-refractivity contribution in [3.63, 3.8) is 0 Å². The number of rotatable bonds is 5. The number of ether oxygens (including phenoxy) is 3. The molecule has 0 N–H and O–H groups in total. The fourth-order valence-electron chi connectivity index (χ4n) is 3.27. The number of halogens is 1. The number of methoxy groups -OCH3 is 1. The number of esters is 1. The van der Waals surface area contributed by atoms with Crippen molar-refractivity contribution in [1.29, 1.82) is 0 Å². The third-order valence-electron chi connectivity index (χ3n) is 5.00. The Balaban J connectivity index is 1.52. The molecule has 1 heterocycles. The molecule has 0 fully saturated rings. The first-order valence-corrected chi connectivity index (χ1v) is 9.60. The summed E-state index contributed by atoms with van der Waals surface area (Å²) in [6.07, 6.45) is 1.40. The number of allylic oxidation sites excluding steroid dienone is 1. The Hall–Kier alpha value is -3.93. The maximum atomic E-state index is 13.9. The van der Waals surface area contributed by atoms with Crippen LogP contribution in [-0.2, 0) is 11.3 Å². The molecule has 1 aliphatic rings. The molecule has 6 heteroatoms. The Kier molecular flexibility index (Phi) is 5.54. The largest absolute Gasteiger partial charge is 0.488 e. The molecule has 0 saturated carbocycles. The minimum absolute atomic E-state index is 0.0683. The van der Waals surface area contributed by atoms with E-state index in [1.165, 1.54) is 19.3 Å². The van der Waals surface area contributed by atoms with Crippen LogP contribution in [-0.4, -0.2) is 18.9 Å². The predicted molar refractivity (Wildman–Crippen MR) is 113 cm³/mol. The highest BCUT2D eigenvalue weighted by Gasteiger charge is 2.30. The van der Waals surface area contributed by atoms with Crippen molar-refractivity contribution >= 4 is 17.8 Å². The summed E-state index contributed by atoms with van der Waals surface area (Å²) in [5.41, 5.74) is 2.69. The molecule has 0 amide bonds. The summed E-state index contributed by atoms with van der Waals surface area (Å²) in [6, 6.07) is 16.4. The van der Waals surface area contributed by atoms with E-state index in [2.05, 4.69) is 4.74 Å². The van der Waals surface area contributed by atoms with Gasteiger partial charge in [0.2, 0.25) is 5.78 Å². The smallest absolute Gasteiger partial charge is 0.337 e. The Morgan fingerprint density at radius 1 is 1.06 bits per heavy atom. The fourth-order valence-corrected chi connectivity index (χ4v) is 3.27. The summed E-state index contributed by atoms with van der Waals surface area (Å²) >= 11 is 0. The molecule has 0 aromatic heterocycles. The molecule has 31 heavy (non-hydrogen) atoms. The van der Waals surface area contributed by atoms with Gasteiger partial charge >= 0.3 is 5.97 Å². The van der Waals surface area contributed by atoms with Crippen LogP contribution in [0.3, 0.4) is 0 Å². The van der Waals surface area contributed by atoms with Crippen LogP contribution in [0.2, 0.25) is 0 Å². The molecule has 0 radical (unpaired) electrons. The summed E-state index contributed by atoms with van der Waals surface area (Å²) in [5, 5.41) is 0. The lowest BCUT2D eigenvalue weighted by Gasteiger charge is -2.12. The van der Waals surface area contributed by atoms with Crippen LogP contribution in [0.1, 0.15) is 37.4 Å². The molecule has 3 aromatic rings. The molecule has 4 rings (SSSR count). The second-order valence-corrected chi connectivity index (χ2v) is 7.00.